The number of ketones is 1. The molecule has 23 heavy (non-hydrogen) atoms. The molecule has 2 aliphatic rings. The van der Waals surface area contributed by atoms with Crippen LogP contribution in [0.4, 0.5) is 17.6 Å². The molecule has 0 saturated carbocycles. The maximum atomic E-state index is 12.6. The third-order valence-corrected chi connectivity index (χ3v) is 4.43. The Morgan fingerprint density at radius 3 is 2.65 bits per heavy atom. The van der Waals surface area contributed by atoms with Crippen molar-refractivity contribution in [3.8, 4) is 0 Å². The van der Waals surface area contributed by atoms with Gasteiger partial charge in [0.05, 0.1) is 0 Å². The zero-order valence-corrected chi connectivity index (χ0v) is 12.5. The number of nitrogens with two attached hydrogens (primary N) is 2. The van der Waals surface area contributed by atoms with Crippen LogP contribution in [0.3, 0.4) is 0 Å². The Kier molecular flexibility index (Phi) is 3.04. The van der Waals surface area contributed by atoms with Gasteiger partial charge in [-0.15, -0.1) is 0 Å². The number of nitrogen functional groups attached to an aromatic ring is 2. The van der Waals surface area contributed by atoms with Crippen LogP contribution in [-0.2, 0) is 4.79 Å². The first-order valence-electron chi connectivity index (χ1n) is 7.66. The predicted molar refractivity (Wildman–Crippen MR) is 88.6 cm³/mol. The van der Waals surface area contributed by atoms with Gasteiger partial charge in [-0.25, -0.2) is 0 Å². The molecule has 0 saturated heterocycles. The van der Waals surface area contributed by atoms with Gasteiger partial charge in [-0.3, -0.25) is 4.79 Å². The number of aromatic nitrogens is 2. The number of benzene rings is 1. The largest absolute Gasteiger partial charge is 0.383 e. The van der Waals surface area contributed by atoms with E-state index in [1.54, 1.807) is 0 Å². The molecule has 2 heterocycles. The normalized spacial score (nSPS) is 19.8. The molecule has 0 spiro atoms. The van der Waals surface area contributed by atoms with Crippen LogP contribution in [0.25, 0.3) is 0 Å². The lowest BCUT2D eigenvalue weighted by atomic mass is 9.76. The van der Waals surface area contributed by atoms with Crippen molar-refractivity contribution in [1.29, 1.82) is 0 Å². The van der Waals surface area contributed by atoms with Crippen molar-refractivity contribution in [3.63, 3.8) is 0 Å². The van der Waals surface area contributed by atoms with E-state index in [1.165, 1.54) is 0 Å². The van der Waals surface area contributed by atoms with Gasteiger partial charge < -0.3 is 16.8 Å². The lowest BCUT2D eigenvalue weighted by Crippen LogP contribution is -2.28. The van der Waals surface area contributed by atoms with Crippen LogP contribution in [0.15, 0.2) is 41.6 Å². The maximum absolute atomic E-state index is 12.6. The molecule has 0 radical (unpaired) electrons. The van der Waals surface area contributed by atoms with E-state index >= 15 is 0 Å². The summed E-state index contributed by atoms with van der Waals surface area (Å²) in [5, 5.41) is 3.26. The number of hydrogen-bond donors (Lipinski definition) is 3. The van der Waals surface area contributed by atoms with Crippen LogP contribution in [0, 0.1) is 0 Å². The summed E-state index contributed by atoms with van der Waals surface area (Å²) < 4.78 is 0. The van der Waals surface area contributed by atoms with Gasteiger partial charge in [-0.05, 0) is 18.4 Å². The Balaban J connectivity index is 1.99. The molecule has 4 rings (SSSR count). The fourth-order valence-corrected chi connectivity index (χ4v) is 3.48. The molecule has 1 atom stereocenters. The molecule has 0 fully saturated rings. The fourth-order valence-electron chi connectivity index (χ4n) is 3.48. The summed E-state index contributed by atoms with van der Waals surface area (Å²) in [6.07, 6.45) is 2.24. The van der Waals surface area contributed by atoms with Gasteiger partial charge in [0, 0.05) is 29.2 Å². The van der Waals surface area contributed by atoms with Gasteiger partial charge in [-0.2, -0.15) is 9.97 Å². The van der Waals surface area contributed by atoms with Crippen LogP contribution in [-0.4, -0.2) is 15.8 Å². The first-order valence-corrected chi connectivity index (χ1v) is 7.66. The molecule has 6 nitrogen and oxygen atoms in total. The monoisotopic (exact) mass is 307 g/mol. The van der Waals surface area contributed by atoms with Crippen molar-refractivity contribution in [3.05, 3.63) is 52.7 Å². The van der Waals surface area contributed by atoms with E-state index in [2.05, 4.69) is 15.3 Å². The van der Waals surface area contributed by atoms with Gasteiger partial charge >= 0.3 is 0 Å². The van der Waals surface area contributed by atoms with Crippen molar-refractivity contribution in [2.24, 2.45) is 0 Å². The topological polar surface area (TPSA) is 107 Å². The number of Topliss-reactive ketones (excluding diaryl/α,β-unsaturated/α-hetero) is 1. The highest BCUT2D eigenvalue weighted by molar-refractivity contribution is 6.01. The van der Waals surface area contributed by atoms with Crippen molar-refractivity contribution in [2.45, 2.75) is 25.2 Å². The molecule has 1 aliphatic heterocycles. The Labute approximate surface area is 133 Å². The lowest BCUT2D eigenvalue weighted by molar-refractivity contribution is -0.116. The highest BCUT2D eigenvalue weighted by Gasteiger charge is 2.37. The van der Waals surface area contributed by atoms with Crippen molar-refractivity contribution >= 4 is 23.4 Å². The molecule has 1 aromatic heterocycles. The first-order chi connectivity index (χ1) is 11.1. The van der Waals surface area contributed by atoms with Crippen LogP contribution < -0.4 is 16.8 Å². The summed E-state index contributed by atoms with van der Waals surface area (Å²) in [4.78, 5) is 21.0. The number of rotatable bonds is 1. The van der Waals surface area contributed by atoms with Gasteiger partial charge in [0.2, 0.25) is 5.95 Å². The van der Waals surface area contributed by atoms with Crippen molar-refractivity contribution < 1.29 is 4.79 Å². The number of hydrogen-bond acceptors (Lipinski definition) is 6. The van der Waals surface area contributed by atoms with Crippen LogP contribution in [0.5, 0.6) is 0 Å². The van der Waals surface area contributed by atoms with Crippen LogP contribution in [0.1, 0.15) is 36.3 Å². The minimum absolute atomic E-state index is 0.131. The van der Waals surface area contributed by atoms with Crippen LogP contribution >= 0.6 is 0 Å². The molecule has 0 amide bonds. The molecule has 116 valence electrons. The predicted octanol–water partition coefficient (Wildman–Crippen LogP) is 2.21. The molecule has 5 N–H and O–H groups in total. The molecule has 6 heteroatoms. The molecular weight excluding hydrogens is 290 g/mol. The zero-order valence-electron chi connectivity index (χ0n) is 12.5. The number of allylic oxidation sites excluding steroid dienone is 2. The number of nitrogens with zero attached hydrogens (tertiary/aromatic N) is 2. The molecule has 2 aromatic rings. The number of carbonyl (C=O) groups excluding carboxylic acids is 1. The second-order valence-electron chi connectivity index (χ2n) is 5.87. The number of nitrogens with one attached hydrogen (secondary N) is 1. The fraction of sp³-hybridized carbons (Fsp3) is 0.235. The molecule has 1 aliphatic carbocycles. The third kappa shape index (κ3) is 2.14. The number of fused-ring (bicyclic) bond motifs is 1. The zero-order chi connectivity index (χ0) is 16.0. The summed E-state index contributed by atoms with van der Waals surface area (Å²) in [6.45, 7) is 0. The number of anilines is 3. The van der Waals surface area contributed by atoms with E-state index in [9.17, 15) is 4.79 Å². The second kappa shape index (κ2) is 5.08. The highest BCUT2D eigenvalue weighted by Crippen LogP contribution is 2.46. The molecular formula is C17H17N5O. The molecule has 0 unspecified atom stereocenters. The minimum Gasteiger partial charge on any atom is -0.383 e. The van der Waals surface area contributed by atoms with Crippen molar-refractivity contribution in [1.82, 2.24) is 9.97 Å². The average Bonchev–Trinajstić information content (AvgIpc) is 2.54. The third-order valence-electron chi connectivity index (χ3n) is 4.43. The van der Waals surface area contributed by atoms with Gasteiger partial charge in [0.25, 0.3) is 0 Å². The standard InChI is InChI=1S/C17H17N5O/c18-15-14-12(9-5-2-1-3-6-9)13-10(7-4-8-11(13)23)20-16(14)22-17(19)21-15/h1-3,5-6,12H,4,7-8H2,(H5,18,19,20,21,22)/t12-/m0/s1. The van der Waals surface area contributed by atoms with Gasteiger partial charge in [-0.1, -0.05) is 30.3 Å². The number of carbonyl (C=O) groups is 1. The summed E-state index contributed by atoms with van der Waals surface area (Å²) in [6, 6.07) is 9.87. The summed E-state index contributed by atoms with van der Waals surface area (Å²) in [7, 11) is 0. The van der Waals surface area contributed by atoms with Crippen LogP contribution in [0.2, 0.25) is 0 Å². The average molecular weight is 307 g/mol. The molecule has 0 bridgehead atoms. The lowest BCUT2D eigenvalue weighted by Gasteiger charge is -2.33. The van der Waals surface area contributed by atoms with E-state index in [4.69, 9.17) is 11.5 Å². The quantitative estimate of drug-likeness (QED) is 0.745. The van der Waals surface area contributed by atoms with Gasteiger partial charge in [0.1, 0.15) is 11.6 Å². The van der Waals surface area contributed by atoms with Crippen molar-refractivity contribution in [2.75, 3.05) is 16.8 Å². The Morgan fingerprint density at radius 1 is 1.09 bits per heavy atom. The van der Waals surface area contributed by atoms with E-state index < -0.39 is 0 Å². The smallest absolute Gasteiger partial charge is 0.223 e. The Bertz CT molecular complexity index is 828. The van der Waals surface area contributed by atoms with E-state index in [0.29, 0.717) is 18.1 Å². The summed E-state index contributed by atoms with van der Waals surface area (Å²) in [5.74, 6) is 0.980. The highest BCUT2D eigenvalue weighted by atomic mass is 16.1. The summed E-state index contributed by atoms with van der Waals surface area (Å²) >= 11 is 0. The Hall–Kier alpha value is -2.89. The first kappa shape index (κ1) is 13.8. The Morgan fingerprint density at radius 2 is 1.87 bits per heavy atom. The second-order valence-corrected chi connectivity index (χ2v) is 5.87. The summed E-state index contributed by atoms with van der Waals surface area (Å²) in [5.41, 5.74) is 15.3. The van der Waals surface area contributed by atoms with Gasteiger partial charge in [0.15, 0.2) is 5.78 Å². The van der Waals surface area contributed by atoms with E-state index in [-0.39, 0.29) is 17.6 Å². The SMILES string of the molecule is Nc1nc(N)c2c(n1)NC1=C(C(=O)CCC1)[C@@H]2c1ccccc1. The van der Waals surface area contributed by atoms with E-state index in [0.717, 1.165) is 35.2 Å². The molecule has 1 aromatic carbocycles. The minimum atomic E-state index is -0.240. The van der Waals surface area contributed by atoms with E-state index in [1.807, 2.05) is 30.3 Å². The maximum Gasteiger partial charge on any atom is 0.223 e.